The van der Waals surface area contributed by atoms with Crippen LogP contribution >= 0.6 is 11.6 Å². The van der Waals surface area contributed by atoms with Gasteiger partial charge < -0.3 is 25.0 Å². The number of carbonyl (C=O) groups excluding carboxylic acids is 1. The van der Waals surface area contributed by atoms with Crippen LogP contribution in [0.4, 0.5) is 21.6 Å². The minimum Gasteiger partial charge on any atom is -0.486 e. The van der Waals surface area contributed by atoms with E-state index in [4.69, 9.17) is 38.6 Å². The zero-order chi connectivity index (χ0) is 28.6. The number of benzene rings is 2. The Hall–Kier alpha value is -3.40. The summed E-state index contributed by atoms with van der Waals surface area (Å²) in [6.07, 6.45) is 5.32. The fraction of sp³-hybridized carbons (Fsp3) is 0.292. The molecule has 0 radical (unpaired) electrons. The highest BCUT2D eigenvalue weighted by Gasteiger charge is 2.20. The van der Waals surface area contributed by atoms with Crippen LogP contribution in [0.1, 0.15) is 6.42 Å². The minimum absolute atomic E-state index is 0.00436. The van der Waals surface area contributed by atoms with Gasteiger partial charge in [0, 0.05) is 36.2 Å². The van der Waals surface area contributed by atoms with Crippen LogP contribution in [0.2, 0.25) is 5.02 Å². The molecule has 0 unspecified atom stereocenters. The Balaban J connectivity index is 0.000000771. The molecule has 1 aromatic heterocycles. The van der Waals surface area contributed by atoms with Crippen LogP contribution in [0, 0.1) is 5.82 Å². The summed E-state index contributed by atoms with van der Waals surface area (Å²) in [4.78, 5) is 23.2. The predicted octanol–water partition coefficient (Wildman–Crippen LogP) is 3.74. The molecule has 4 rings (SSSR count). The monoisotopic (exact) mass is 583 g/mol. The number of rotatable bonds is 8. The molecule has 1 aliphatic rings. The molecule has 12 nitrogen and oxygen atoms in total. The van der Waals surface area contributed by atoms with Crippen molar-refractivity contribution in [1.82, 2.24) is 14.9 Å². The molecule has 0 aliphatic carbocycles. The van der Waals surface area contributed by atoms with Gasteiger partial charge in [-0.25, -0.2) is 14.4 Å². The van der Waals surface area contributed by atoms with E-state index < -0.39 is 16.2 Å². The molecular weight excluding hydrogens is 557 g/mol. The Kier molecular flexibility index (Phi) is 10.5. The molecular formula is C24H27ClFN5O7S. The zero-order valence-electron chi connectivity index (χ0n) is 21.0. The molecule has 210 valence electrons. The van der Waals surface area contributed by atoms with Gasteiger partial charge >= 0.3 is 10.4 Å². The van der Waals surface area contributed by atoms with Crippen molar-refractivity contribution in [2.75, 3.05) is 44.5 Å². The molecule has 0 bridgehead atoms. The van der Waals surface area contributed by atoms with Crippen LogP contribution in [0.25, 0.3) is 10.9 Å². The van der Waals surface area contributed by atoms with Gasteiger partial charge in [0.2, 0.25) is 5.91 Å². The molecule has 1 fully saturated rings. The Morgan fingerprint density at radius 2 is 2.03 bits per heavy atom. The Labute approximate surface area is 229 Å². The normalized spacial score (nSPS) is 15.3. The molecule has 3 aromatic rings. The van der Waals surface area contributed by atoms with Gasteiger partial charge in [-0.2, -0.15) is 8.42 Å². The van der Waals surface area contributed by atoms with E-state index in [0.717, 1.165) is 6.42 Å². The third-order valence-electron chi connectivity index (χ3n) is 5.10. The van der Waals surface area contributed by atoms with Crippen molar-refractivity contribution < 1.29 is 36.2 Å². The number of nitrogens with zero attached hydrogens (tertiary/aromatic N) is 3. The number of amides is 1. The number of aromatic nitrogens is 2. The average Bonchev–Trinajstić information content (AvgIpc) is 3.34. The highest BCUT2D eigenvalue weighted by atomic mass is 35.5. The van der Waals surface area contributed by atoms with Crippen LogP contribution in [0.15, 0.2) is 48.8 Å². The van der Waals surface area contributed by atoms with Crippen molar-refractivity contribution in [2.45, 2.75) is 12.5 Å². The molecule has 0 saturated carbocycles. The van der Waals surface area contributed by atoms with Crippen LogP contribution in [0.3, 0.4) is 0 Å². The summed E-state index contributed by atoms with van der Waals surface area (Å²) in [7, 11) is -0.825. The summed E-state index contributed by atoms with van der Waals surface area (Å²) in [5.41, 5.74) is 1.65. The van der Waals surface area contributed by atoms with E-state index in [-0.39, 0.29) is 17.0 Å². The van der Waals surface area contributed by atoms with E-state index in [1.165, 1.54) is 24.5 Å². The van der Waals surface area contributed by atoms with Crippen LogP contribution in [-0.4, -0.2) is 78.3 Å². The van der Waals surface area contributed by atoms with Gasteiger partial charge in [-0.15, -0.1) is 0 Å². The van der Waals surface area contributed by atoms with Gasteiger partial charge in [0.15, 0.2) is 0 Å². The molecule has 1 saturated heterocycles. The van der Waals surface area contributed by atoms with Gasteiger partial charge in [0.1, 0.15) is 29.8 Å². The first-order valence-corrected chi connectivity index (χ1v) is 13.2. The fourth-order valence-corrected chi connectivity index (χ4v) is 3.60. The van der Waals surface area contributed by atoms with Crippen molar-refractivity contribution in [1.29, 1.82) is 0 Å². The predicted molar refractivity (Wildman–Crippen MR) is 145 cm³/mol. The first-order valence-electron chi connectivity index (χ1n) is 11.5. The Morgan fingerprint density at radius 3 is 2.67 bits per heavy atom. The van der Waals surface area contributed by atoms with E-state index in [1.54, 1.807) is 24.3 Å². The maximum atomic E-state index is 13.6. The Morgan fingerprint density at radius 1 is 1.28 bits per heavy atom. The second kappa shape index (κ2) is 13.6. The highest BCUT2D eigenvalue weighted by molar-refractivity contribution is 7.79. The molecule has 4 N–H and O–H groups in total. The smallest absolute Gasteiger partial charge is 0.394 e. The number of likely N-dealkylation sites (N-methyl/N-ethyl adjacent to an activating group) is 1. The molecule has 1 amide bonds. The summed E-state index contributed by atoms with van der Waals surface area (Å²) >= 11 is 5.91. The fourth-order valence-electron chi connectivity index (χ4n) is 3.42. The number of fused-ring (bicyclic) bond motifs is 1. The maximum absolute atomic E-state index is 13.6. The number of halogens is 2. The number of ether oxygens (including phenoxy) is 2. The molecule has 1 aliphatic heterocycles. The van der Waals surface area contributed by atoms with Crippen LogP contribution < -0.4 is 15.4 Å². The van der Waals surface area contributed by atoms with E-state index in [0.29, 0.717) is 53.6 Å². The Bertz CT molecular complexity index is 1440. The number of hydrogen-bond donors (Lipinski definition) is 4. The molecule has 39 heavy (non-hydrogen) atoms. The topological polar surface area (TPSA) is 163 Å². The van der Waals surface area contributed by atoms with E-state index >= 15 is 0 Å². The van der Waals surface area contributed by atoms with Gasteiger partial charge in [0.05, 0.1) is 29.4 Å². The summed E-state index contributed by atoms with van der Waals surface area (Å²) < 4.78 is 56.7. The average molecular weight is 584 g/mol. The first-order chi connectivity index (χ1) is 18.4. The molecule has 2 aromatic carbocycles. The van der Waals surface area contributed by atoms with Gasteiger partial charge in [0.25, 0.3) is 0 Å². The third-order valence-corrected chi connectivity index (χ3v) is 5.39. The number of anilines is 3. The van der Waals surface area contributed by atoms with Crippen molar-refractivity contribution >= 4 is 56.0 Å². The van der Waals surface area contributed by atoms with Crippen molar-refractivity contribution in [3.8, 4) is 5.75 Å². The lowest BCUT2D eigenvalue weighted by Gasteiger charge is -2.17. The minimum atomic E-state index is -4.67. The number of nitrogens with one attached hydrogen (secondary N) is 2. The van der Waals surface area contributed by atoms with E-state index in [9.17, 15) is 9.18 Å². The van der Waals surface area contributed by atoms with Gasteiger partial charge in [-0.3, -0.25) is 13.9 Å². The molecule has 15 heteroatoms. The van der Waals surface area contributed by atoms with Crippen LogP contribution in [-0.2, 0) is 19.9 Å². The second-order valence-electron chi connectivity index (χ2n) is 8.55. The molecule has 2 heterocycles. The summed E-state index contributed by atoms with van der Waals surface area (Å²) in [5, 5.41) is 6.67. The lowest BCUT2D eigenvalue weighted by molar-refractivity contribution is -0.111. The SMILES string of the molecule is CN(C)C/C=C/C(=O)Nc1cc2c(Nc3ccc(F)c(Cl)c3)ncnc2cc1O[C@H]1CCOC1.O=S(=O)(O)O. The first kappa shape index (κ1) is 30.1. The quantitative estimate of drug-likeness (QED) is 0.226. The number of carbonyl (C=O) groups is 1. The lowest BCUT2D eigenvalue weighted by Crippen LogP contribution is -2.18. The summed E-state index contributed by atoms with van der Waals surface area (Å²) in [6, 6.07) is 7.82. The summed E-state index contributed by atoms with van der Waals surface area (Å²) in [6.45, 7) is 1.75. The number of hydrogen-bond acceptors (Lipinski definition) is 9. The third kappa shape index (κ3) is 10.0. The lowest BCUT2D eigenvalue weighted by atomic mass is 10.1. The van der Waals surface area contributed by atoms with Gasteiger partial charge in [-0.1, -0.05) is 17.7 Å². The van der Waals surface area contributed by atoms with Gasteiger partial charge in [-0.05, 0) is 38.4 Å². The second-order valence-corrected chi connectivity index (χ2v) is 9.85. The van der Waals surface area contributed by atoms with Crippen molar-refractivity contribution in [2.24, 2.45) is 0 Å². The molecule has 1 atom stereocenters. The highest BCUT2D eigenvalue weighted by Crippen LogP contribution is 2.35. The van der Waals surface area contributed by atoms with E-state index in [2.05, 4.69) is 20.6 Å². The largest absolute Gasteiger partial charge is 0.486 e. The zero-order valence-corrected chi connectivity index (χ0v) is 22.5. The summed E-state index contributed by atoms with van der Waals surface area (Å²) in [5.74, 6) is 0.170. The van der Waals surface area contributed by atoms with Crippen molar-refractivity contribution in [3.05, 3.63) is 59.7 Å². The standard InChI is InChI=1S/C24H25ClFN5O3.H2O4S/c1-31(2)8-3-4-23(32)30-21-11-17-20(12-22(21)34-16-7-9-33-13-16)27-14-28-24(17)29-15-5-6-19(26)18(25)10-15;1-5(2,3)4/h3-6,10-12,14,16H,7-9,13H2,1-2H3,(H,30,32)(H,27,28,29);(H2,1,2,3,4)/b4-3+;/t16-;/m0./s1. The molecule has 0 spiro atoms. The van der Waals surface area contributed by atoms with Crippen LogP contribution in [0.5, 0.6) is 5.75 Å². The van der Waals surface area contributed by atoms with E-state index in [1.807, 2.05) is 19.0 Å². The maximum Gasteiger partial charge on any atom is 0.394 e. The van der Waals surface area contributed by atoms with Crippen molar-refractivity contribution in [3.63, 3.8) is 0 Å².